The predicted octanol–water partition coefficient (Wildman–Crippen LogP) is 3.61. The number of nitrogens with one attached hydrogen (secondary N) is 1. The highest BCUT2D eigenvalue weighted by atomic mass is 19.1. The summed E-state index contributed by atoms with van der Waals surface area (Å²) in [4.78, 5) is 0. The van der Waals surface area contributed by atoms with Crippen LogP contribution in [0.4, 0.5) is 10.1 Å². The Hall–Kier alpha value is -2.34. The molecule has 0 atom stereocenters. The van der Waals surface area contributed by atoms with Crippen molar-refractivity contribution in [3.8, 4) is 6.07 Å². The molecule has 1 aliphatic rings. The second-order valence-electron chi connectivity index (χ2n) is 5.46. The Labute approximate surface area is 117 Å². The highest BCUT2D eigenvalue weighted by Gasteiger charge is 2.37. The molecule has 0 fully saturated rings. The molecule has 0 saturated carbocycles. The van der Waals surface area contributed by atoms with Gasteiger partial charge in [0.25, 0.3) is 0 Å². The summed E-state index contributed by atoms with van der Waals surface area (Å²) in [6.45, 7) is 1.84. The zero-order valence-electron chi connectivity index (χ0n) is 11.3. The minimum absolute atomic E-state index is 0.281. The number of fused-ring (bicyclic) bond motifs is 1. The quantitative estimate of drug-likeness (QED) is 0.901. The maximum absolute atomic E-state index is 13.5. The third-order valence-corrected chi connectivity index (χ3v) is 3.74. The van der Waals surface area contributed by atoms with Crippen LogP contribution in [0.3, 0.4) is 0 Å². The number of nitrogens with zero attached hydrogens (tertiary/aromatic N) is 1. The van der Waals surface area contributed by atoms with E-state index < -0.39 is 5.54 Å². The number of benzene rings is 2. The average Bonchev–Trinajstić information content (AvgIpc) is 2.76. The highest BCUT2D eigenvalue weighted by Crippen LogP contribution is 2.32. The van der Waals surface area contributed by atoms with E-state index in [1.54, 1.807) is 0 Å². The van der Waals surface area contributed by atoms with Crippen LogP contribution in [0.25, 0.3) is 0 Å². The van der Waals surface area contributed by atoms with Crippen LogP contribution in [0, 0.1) is 24.1 Å². The molecule has 0 bridgehead atoms. The van der Waals surface area contributed by atoms with E-state index in [9.17, 15) is 9.65 Å². The van der Waals surface area contributed by atoms with Gasteiger partial charge in [-0.1, -0.05) is 24.3 Å². The number of aryl methyl sites for hydroxylation is 1. The number of hydrogen-bond donors (Lipinski definition) is 1. The molecule has 3 heteroatoms. The molecule has 0 unspecified atom stereocenters. The maximum Gasteiger partial charge on any atom is 0.133 e. The summed E-state index contributed by atoms with van der Waals surface area (Å²) in [6, 6.07) is 15.2. The first-order valence-corrected chi connectivity index (χ1v) is 6.64. The first kappa shape index (κ1) is 12.7. The van der Waals surface area contributed by atoms with Gasteiger partial charge in [-0.2, -0.15) is 5.26 Å². The number of anilines is 1. The Morgan fingerprint density at radius 2 is 1.80 bits per heavy atom. The van der Waals surface area contributed by atoms with Crippen molar-refractivity contribution in [1.82, 2.24) is 0 Å². The molecule has 20 heavy (non-hydrogen) atoms. The molecule has 0 amide bonds. The molecule has 100 valence electrons. The normalized spacial score (nSPS) is 15.4. The summed E-state index contributed by atoms with van der Waals surface area (Å²) in [5.74, 6) is -0.281. The minimum Gasteiger partial charge on any atom is -0.367 e. The molecule has 2 nitrogen and oxygen atoms in total. The molecule has 0 spiro atoms. The molecule has 0 saturated heterocycles. The molecule has 0 heterocycles. The van der Waals surface area contributed by atoms with Crippen LogP contribution in [0.5, 0.6) is 0 Å². The first-order chi connectivity index (χ1) is 9.60. The van der Waals surface area contributed by atoms with Crippen molar-refractivity contribution in [2.75, 3.05) is 5.32 Å². The van der Waals surface area contributed by atoms with Gasteiger partial charge in [0.2, 0.25) is 0 Å². The van der Waals surface area contributed by atoms with Crippen LogP contribution in [0.1, 0.15) is 16.7 Å². The number of hydrogen-bond acceptors (Lipinski definition) is 2. The molecule has 0 aromatic heterocycles. The molecule has 3 rings (SSSR count). The van der Waals surface area contributed by atoms with Crippen LogP contribution in [0.15, 0.2) is 42.5 Å². The van der Waals surface area contributed by atoms with Gasteiger partial charge in [0, 0.05) is 18.5 Å². The van der Waals surface area contributed by atoms with Crippen molar-refractivity contribution in [1.29, 1.82) is 5.26 Å². The lowest BCUT2D eigenvalue weighted by molar-refractivity contribution is 0.615. The SMILES string of the molecule is Cc1cc(F)cc(NC2(C#N)Cc3ccccc3C2)c1. The predicted molar refractivity (Wildman–Crippen MR) is 77.0 cm³/mol. The highest BCUT2D eigenvalue weighted by molar-refractivity contribution is 5.54. The Kier molecular flexibility index (Phi) is 2.94. The topological polar surface area (TPSA) is 35.8 Å². The fourth-order valence-electron chi connectivity index (χ4n) is 2.90. The van der Waals surface area contributed by atoms with Crippen molar-refractivity contribution in [3.63, 3.8) is 0 Å². The van der Waals surface area contributed by atoms with Crippen molar-refractivity contribution in [2.45, 2.75) is 25.3 Å². The van der Waals surface area contributed by atoms with Gasteiger partial charge in [-0.05, 0) is 41.8 Å². The van der Waals surface area contributed by atoms with Crippen molar-refractivity contribution in [2.24, 2.45) is 0 Å². The molecular weight excluding hydrogens is 251 g/mol. The van der Waals surface area contributed by atoms with Crippen LogP contribution in [-0.4, -0.2) is 5.54 Å². The molecule has 2 aromatic rings. The number of nitriles is 1. The second-order valence-corrected chi connectivity index (χ2v) is 5.46. The summed E-state index contributed by atoms with van der Waals surface area (Å²) in [6.07, 6.45) is 1.30. The minimum atomic E-state index is -0.677. The molecule has 2 aromatic carbocycles. The maximum atomic E-state index is 13.5. The van der Waals surface area contributed by atoms with Gasteiger partial charge in [-0.15, -0.1) is 0 Å². The molecule has 0 radical (unpaired) electrons. The smallest absolute Gasteiger partial charge is 0.133 e. The molecular formula is C17H15FN2. The van der Waals surface area contributed by atoms with Crippen molar-refractivity contribution < 1.29 is 4.39 Å². The third kappa shape index (κ3) is 2.25. The standard InChI is InChI=1S/C17H15FN2/c1-12-6-15(18)8-16(7-12)20-17(11-19)9-13-4-2-3-5-14(13)10-17/h2-8,20H,9-10H2,1H3. The Morgan fingerprint density at radius 3 is 2.35 bits per heavy atom. The van der Waals surface area contributed by atoms with Gasteiger partial charge in [-0.3, -0.25) is 0 Å². The Bertz CT molecular complexity index is 655. The van der Waals surface area contributed by atoms with Crippen LogP contribution >= 0.6 is 0 Å². The van der Waals surface area contributed by atoms with Gasteiger partial charge < -0.3 is 5.32 Å². The third-order valence-electron chi connectivity index (χ3n) is 3.74. The van der Waals surface area contributed by atoms with Crippen molar-refractivity contribution >= 4 is 5.69 Å². The van der Waals surface area contributed by atoms with E-state index >= 15 is 0 Å². The van der Waals surface area contributed by atoms with E-state index in [0.717, 1.165) is 5.56 Å². The zero-order chi connectivity index (χ0) is 14.2. The van der Waals surface area contributed by atoms with Crippen LogP contribution < -0.4 is 5.32 Å². The summed E-state index contributed by atoms with van der Waals surface area (Å²) in [5.41, 5.74) is 3.21. The molecule has 1 N–H and O–H groups in total. The van der Waals surface area contributed by atoms with E-state index in [1.807, 2.05) is 37.3 Å². The van der Waals surface area contributed by atoms with Crippen LogP contribution in [0.2, 0.25) is 0 Å². The lowest BCUT2D eigenvalue weighted by Crippen LogP contribution is -2.37. The van der Waals surface area contributed by atoms with E-state index in [4.69, 9.17) is 0 Å². The largest absolute Gasteiger partial charge is 0.367 e. The van der Waals surface area contributed by atoms with Gasteiger partial charge in [-0.25, -0.2) is 4.39 Å². The van der Waals surface area contributed by atoms with Crippen LogP contribution in [-0.2, 0) is 12.8 Å². The lowest BCUT2D eigenvalue weighted by Gasteiger charge is -2.24. The Morgan fingerprint density at radius 1 is 1.15 bits per heavy atom. The fourth-order valence-corrected chi connectivity index (χ4v) is 2.90. The first-order valence-electron chi connectivity index (χ1n) is 6.64. The van der Waals surface area contributed by atoms with Gasteiger partial charge in [0.05, 0.1) is 6.07 Å². The summed E-state index contributed by atoms with van der Waals surface area (Å²) in [7, 11) is 0. The van der Waals surface area contributed by atoms with E-state index in [1.165, 1.54) is 23.3 Å². The molecule has 0 aliphatic heterocycles. The number of rotatable bonds is 2. The summed E-state index contributed by atoms with van der Waals surface area (Å²) in [5, 5.41) is 12.8. The van der Waals surface area contributed by atoms with Gasteiger partial charge in [0.15, 0.2) is 0 Å². The van der Waals surface area contributed by atoms with Gasteiger partial charge >= 0.3 is 0 Å². The second kappa shape index (κ2) is 4.64. The fraction of sp³-hybridized carbons (Fsp3) is 0.235. The average molecular weight is 266 g/mol. The lowest BCUT2D eigenvalue weighted by atomic mass is 9.97. The number of halogens is 1. The van der Waals surface area contributed by atoms with E-state index in [0.29, 0.717) is 18.5 Å². The zero-order valence-corrected chi connectivity index (χ0v) is 11.3. The summed E-state index contributed by atoms with van der Waals surface area (Å²) >= 11 is 0. The summed E-state index contributed by atoms with van der Waals surface area (Å²) < 4.78 is 13.5. The van der Waals surface area contributed by atoms with Gasteiger partial charge in [0.1, 0.15) is 11.4 Å². The van der Waals surface area contributed by atoms with E-state index in [2.05, 4.69) is 11.4 Å². The molecule has 1 aliphatic carbocycles. The van der Waals surface area contributed by atoms with E-state index in [-0.39, 0.29) is 5.82 Å². The monoisotopic (exact) mass is 266 g/mol. The van der Waals surface area contributed by atoms with Crippen molar-refractivity contribution in [3.05, 3.63) is 65.0 Å². The Balaban J connectivity index is 1.91.